The van der Waals surface area contributed by atoms with Crippen LogP contribution < -0.4 is 0 Å². The molecule has 0 saturated carbocycles. The van der Waals surface area contributed by atoms with Gasteiger partial charge in [-0.05, 0) is 157 Å². The number of rotatable bonds is 8. The summed E-state index contributed by atoms with van der Waals surface area (Å²) >= 11 is 0. The smallest absolute Gasteiger partial charge is 0.194 e. The molecule has 64 heavy (non-hydrogen) atoms. The van der Waals surface area contributed by atoms with Crippen LogP contribution in [0.15, 0.2) is 218 Å². The number of hydrogen-bond donors (Lipinski definition) is 1. The van der Waals surface area contributed by atoms with E-state index in [-0.39, 0.29) is 0 Å². The molecular weight excluding hydrogens is 775 g/mol. The third-order valence-corrected chi connectivity index (χ3v) is 13.4. The average Bonchev–Trinajstić information content (AvgIpc) is 3.33. The largest absolute Gasteiger partial charge is 0.334 e. The van der Waals surface area contributed by atoms with E-state index in [1.807, 2.05) is 0 Å². The van der Waals surface area contributed by atoms with E-state index in [0.717, 1.165) is 0 Å². The van der Waals surface area contributed by atoms with Gasteiger partial charge in [-0.3, -0.25) is 5.41 Å². The molecule has 0 atom stereocenters. The van der Waals surface area contributed by atoms with Gasteiger partial charge >= 0.3 is 0 Å². The van der Waals surface area contributed by atoms with E-state index < -0.39 is 0 Å². The van der Waals surface area contributed by atoms with Crippen molar-refractivity contribution in [3.8, 4) is 0 Å². The van der Waals surface area contributed by atoms with Crippen molar-refractivity contribution in [1.29, 1.82) is 5.41 Å². The Labute approximate surface area is 372 Å². The summed E-state index contributed by atoms with van der Waals surface area (Å²) < 4.78 is 0. The summed E-state index contributed by atoms with van der Waals surface area (Å²) in [6, 6.07) is 79.7. The Kier molecular flexibility index (Phi) is 9.26. The van der Waals surface area contributed by atoms with Gasteiger partial charge in [0.15, 0.2) is 5.96 Å². The molecule has 0 aliphatic rings. The third kappa shape index (κ3) is 6.92. The quantitative estimate of drug-likeness (QED) is 0.0940. The van der Waals surface area contributed by atoms with Crippen molar-refractivity contribution in [2.75, 3.05) is 0 Å². The van der Waals surface area contributed by atoms with Gasteiger partial charge in [-0.15, -0.1) is 0 Å². The molecule has 0 fully saturated rings. The monoisotopic (exact) mass is 819 g/mol. The zero-order chi connectivity index (χ0) is 42.6. The number of nitrogens with one attached hydrogen (secondary N) is 1. The van der Waals surface area contributed by atoms with Crippen molar-refractivity contribution in [2.24, 2.45) is 0 Å². The minimum atomic E-state index is 0.492. The van der Waals surface area contributed by atoms with E-state index in [1.54, 1.807) is 0 Å². The van der Waals surface area contributed by atoms with Gasteiger partial charge in [-0.2, -0.15) is 0 Å². The zero-order valence-electron chi connectivity index (χ0n) is 35.5. The Hall–Kier alpha value is -8.01. The fraction of sp³-hybridized carbons (Fsp3) is 0.0656. The molecule has 0 spiro atoms. The van der Waals surface area contributed by atoms with Crippen molar-refractivity contribution in [1.82, 2.24) is 9.80 Å². The van der Waals surface area contributed by atoms with E-state index in [2.05, 4.69) is 228 Å². The van der Waals surface area contributed by atoms with Gasteiger partial charge in [-0.25, -0.2) is 0 Å². The highest BCUT2D eigenvalue weighted by Gasteiger charge is 2.23. The van der Waals surface area contributed by atoms with Gasteiger partial charge in [0.25, 0.3) is 0 Å². The first kappa shape index (κ1) is 37.7. The first-order chi connectivity index (χ1) is 31.6. The van der Waals surface area contributed by atoms with Crippen LogP contribution >= 0.6 is 0 Å². The molecule has 0 unspecified atom stereocenters. The minimum absolute atomic E-state index is 0.492. The Morgan fingerprint density at radius 2 is 0.453 bits per heavy atom. The van der Waals surface area contributed by atoms with Crippen molar-refractivity contribution >= 4 is 92.1 Å². The normalized spacial score (nSPS) is 11.8. The number of guanidine groups is 1. The second kappa shape index (κ2) is 15.7. The topological polar surface area (TPSA) is 30.3 Å². The summed E-state index contributed by atoms with van der Waals surface area (Å²) in [5, 5.41) is 30.1. The lowest BCUT2D eigenvalue weighted by Gasteiger charge is -2.35. The van der Waals surface area contributed by atoms with Crippen LogP contribution in [0, 0.1) is 5.41 Å². The van der Waals surface area contributed by atoms with Gasteiger partial charge in [0.2, 0.25) is 0 Å². The molecule has 0 bridgehead atoms. The molecule has 0 amide bonds. The molecule has 1 N–H and O–H groups in total. The van der Waals surface area contributed by atoms with E-state index in [0.29, 0.717) is 32.1 Å². The van der Waals surface area contributed by atoms with Crippen LogP contribution in [0.2, 0.25) is 0 Å². The van der Waals surface area contributed by atoms with Crippen LogP contribution in [0.1, 0.15) is 22.3 Å². The average molecular weight is 820 g/mol. The molecule has 12 aromatic carbocycles. The van der Waals surface area contributed by atoms with Gasteiger partial charge in [-0.1, -0.05) is 170 Å². The van der Waals surface area contributed by atoms with E-state index in [1.165, 1.54) is 108 Å². The summed E-state index contributed by atoms with van der Waals surface area (Å²) in [5.41, 5.74) is 4.80. The molecule has 0 aromatic heterocycles. The van der Waals surface area contributed by atoms with E-state index in [4.69, 9.17) is 0 Å². The zero-order valence-corrected chi connectivity index (χ0v) is 35.5. The Bertz CT molecular complexity index is 3300. The highest BCUT2D eigenvalue weighted by atomic mass is 15.4. The van der Waals surface area contributed by atoms with Crippen LogP contribution in [-0.4, -0.2) is 15.8 Å². The molecule has 3 heteroatoms. The molecule has 0 aliphatic carbocycles. The third-order valence-electron chi connectivity index (χ3n) is 13.4. The Morgan fingerprint density at radius 3 is 0.688 bits per heavy atom. The molecule has 0 saturated heterocycles. The molecule has 0 radical (unpaired) electrons. The van der Waals surface area contributed by atoms with Gasteiger partial charge < -0.3 is 9.80 Å². The van der Waals surface area contributed by atoms with Crippen LogP contribution in [0.4, 0.5) is 0 Å². The molecule has 0 heterocycles. The lowest BCUT2D eigenvalue weighted by molar-refractivity contribution is 0.294. The summed E-state index contributed by atoms with van der Waals surface area (Å²) in [5.74, 6) is 0.492. The molecule has 12 aromatic rings. The predicted molar refractivity (Wildman–Crippen MR) is 272 cm³/mol. The van der Waals surface area contributed by atoms with Crippen molar-refractivity contribution in [3.63, 3.8) is 0 Å². The van der Waals surface area contributed by atoms with Crippen molar-refractivity contribution in [2.45, 2.75) is 26.2 Å². The lowest BCUT2D eigenvalue weighted by Crippen LogP contribution is -2.42. The SMILES string of the molecule is N=C(N(Cc1cccc2cc3ccccc3cc12)Cc1cccc2cc3ccccc3cc12)N(Cc1cccc2cc3ccccc3cc12)Cc1cccc2cc3ccccc3cc12. The molecular formula is C61H45N3. The summed E-state index contributed by atoms with van der Waals surface area (Å²) in [4.78, 5) is 4.63. The molecule has 3 nitrogen and oxygen atoms in total. The Morgan fingerprint density at radius 1 is 0.250 bits per heavy atom. The van der Waals surface area contributed by atoms with Crippen LogP contribution in [0.3, 0.4) is 0 Å². The van der Waals surface area contributed by atoms with Gasteiger partial charge in [0.05, 0.1) is 0 Å². The maximum Gasteiger partial charge on any atom is 0.194 e. The van der Waals surface area contributed by atoms with Crippen LogP contribution in [0.5, 0.6) is 0 Å². The van der Waals surface area contributed by atoms with Crippen molar-refractivity contribution < 1.29 is 0 Å². The fourth-order valence-corrected chi connectivity index (χ4v) is 10.1. The predicted octanol–water partition coefficient (Wildman–Crippen LogP) is 15.6. The number of fused-ring (bicyclic) bond motifs is 8. The molecule has 12 rings (SSSR count). The molecule has 0 aliphatic heterocycles. The summed E-state index contributed by atoms with van der Waals surface area (Å²) in [7, 11) is 0. The van der Waals surface area contributed by atoms with Gasteiger partial charge in [0.1, 0.15) is 0 Å². The van der Waals surface area contributed by atoms with Gasteiger partial charge in [0, 0.05) is 26.2 Å². The van der Waals surface area contributed by atoms with E-state index in [9.17, 15) is 5.41 Å². The maximum absolute atomic E-state index is 10.6. The fourth-order valence-electron chi connectivity index (χ4n) is 10.1. The Balaban J connectivity index is 1.03. The summed E-state index contributed by atoms with van der Waals surface area (Å²) in [6.07, 6.45) is 0. The first-order valence-corrected chi connectivity index (χ1v) is 22.3. The highest BCUT2D eigenvalue weighted by molar-refractivity contribution is 6.03. The molecule has 304 valence electrons. The minimum Gasteiger partial charge on any atom is -0.334 e. The highest BCUT2D eigenvalue weighted by Crippen LogP contribution is 2.33. The summed E-state index contributed by atoms with van der Waals surface area (Å²) in [6.45, 7) is 2.26. The van der Waals surface area contributed by atoms with Crippen molar-refractivity contribution in [3.05, 3.63) is 241 Å². The number of benzene rings is 12. The number of nitrogens with zero attached hydrogens (tertiary/aromatic N) is 2. The lowest BCUT2D eigenvalue weighted by atomic mass is 9.97. The first-order valence-electron chi connectivity index (χ1n) is 22.3. The second-order valence-electron chi connectivity index (χ2n) is 17.4. The van der Waals surface area contributed by atoms with Crippen LogP contribution in [0.25, 0.3) is 86.2 Å². The standard InChI is InChI=1S/C61H45N3/c62-61(63(37-53-25-9-21-49-29-41-13-1-5-17-45(41)33-57(49)53)38-54-26-10-22-50-30-42-14-2-6-18-46(42)34-58(50)54)64(39-55-27-11-23-51-31-43-15-3-7-19-47(43)35-59(51)55)40-56-28-12-24-52-32-44-16-4-8-20-48(44)36-60(52)56/h1-36,62H,37-40H2. The number of hydrogen-bond acceptors (Lipinski definition) is 1. The van der Waals surface area contributed by atoms with E-state index >= 15 is 0 Å². The van der Waals surface area contributed by atoms with Crippen LogP contribution in [-0.2, 0) is 26.2 Å². The second-order valence-corrected chi connectivity index (χ2v) is 17.4. The maximum atomic E-state index is 10.6.